The standard InChI is InChI=1S/C27H25N3O2/c1-18(28-22-16-20-8-6-7-9-21(20)17-22)25-26(19-12-14-24(32-2)15-13-19)29-30(27(25)31)23-10-4-3-5-11-23/h3-15,22,29H,16-17H2,1-2H3. The predicted molar refractivity (Wildman–Crippen MR) is 128 cm³/mol. The van der Waals surface area contributed by atoms with Gasteiger partial charge in [0.1, 0.15) is 5.75 Å². The Balaban J connectivity index is 1.59. The average Bonchev–Trinajstić information content (AvgIpc) is 3.40. The molecule has 5 nitrogen and oxygen atoms in total. The minimum atomic E-state index is -0.0984. The molecule has 0 saturated heterocycles. The Morgan fingerprint density at radius 2 is 1.56 bits per heavy atom. The van der Waals surface area contributed by atoms with Gasteiger partial charge in [-0.25, -0.2) is 4.68 Å². The Hall–Kier alpha value is -3.86. The molecule has 0 amide bonds. The highest BCUT2D eigenvalue weighted by atomic mass is 16.5. The second-order valence-corrected chi connectivity index (χ2v) is 8.11. The predicted octanol–water partition coefficient (Wildman–Crippen LogP) is 4.82. The molecule has 1 aromatic heterocycles. The van der Waals surface area contributed by atoms with Crippen molar-refractivity contribution in [3.63, 3.8) is 0 Å². The molecule has 4 aromatic rings. The molecule has 5 rings (SSSR count). The van der Waals surface area contributed by atoms with Crippen LogP contribution in [0.5, 0.6) is 5.75 Å². The van der Waals surface area contributed by atoms with Crippen molar-refractivity contribution in [1.29, 1.82) is 0 Å². The van der Waals surface area contributed by atoms with Crippen molar-refractivity contribution >= 4 is 5.71 Å². The number of nitrogens with zero attached hydrogens (tertiary/aromatic N) is 2. The van der Waals surface area contributed by atoms with E-state index < -0.39 is 0 Å². The van der Waals surface area contributed by atoms with Crippen LogP contribution in [0.3, 0.4) is 0 Å². The molecular weight excluding hydrogens is 398 g/mol. The minimum Gasteiger partial charge on any atom is -0.497 e. The molecule has 160 valence electrons. The quantitative estimate of drug-likeness (QED) is 0.468. The van der Waals surface area contributed by atoms with Crippen LogP contribution >= 0.6 is 0 Å². The number of fused-ring (bicyclic) bond motifs is 1. The fourth-order valence-corrected chi connectivity index (χ4v) is 4.46. The summed E-state index contributed by atoms with van der Waals surface area (Å²) in [5.41, 5.74) is 6.42. The van der Waals surface area contributed by atoms with Crippen molar-refractivity contribution < 1.29 is 4.74 Å². The molecule has 1 aliphatic rings. The maximum atomic E-state index is 13.5. The van der Waals surface area contributed by atoms with Crippen molar-refractivity contribution in [2.75, 3.05) is 7.11 Å². The lowest BCUT2D eigenvalue weighted by Gasteiger charge is -2.07. The summed E-state index contributed by atoms with van der Waals surface area (Å²) in [6.07, 6.45) is 1.81. The second-order valence-electron chi connectivity index (χ2n) is 8.11. The van der Waals surface area contributed by atoms with Gasteiger partial charge < -0.3 is 4.74 Å². The molecule has 0 atom stereocenters. The highest BCUT2D eigenvalue weighted by Gasteiger charge is 2.23. The van der Waals surface area contributed by atoms with Gasteiger partial charge in [0.25, 0.3) is 5.56 Å². The lowest BCUT2D eigenvalue weighted by molar-refractivity contribution is 0.415. The third-order valence-electron chi connectivity index (χ3n) is 6.05. The molecule has 0 saturated carbocycles. The van der Waals surface area contributed by atoms with Gasteiger partial charge in [-0.05, 0) is 67.3 Å². The van der Waals surface area contributed by atoms with Crippen molar-refractivity contribution in [3.8, 4) is 22.7 Å². The normalized spacial score (nSPS) is 13.9. The first-order valence-electron chi connectivity index (χ1n) is 10.8. The number of hydrogen-bond donors (Lipinski definition) is 1. The molecule has 1 aliphatic carbocycles. The zero-order valence-corrected chi connectivity index (χ0v) is 18.2. The lowest BCUT2D eigenvalue weighted by atomic mass is 10.0. The van der Waals surface area contributed by atoms with Gasteiger partial charge in [-0.15, -0.1) is 0 Å². The van der Waals surface area contributed by atoms with E-state index in [1.807, 2.05) is 61.5 Å². The summed E-state index contributed by atoms with van der Waals surface area (Å²) in [5.74, 6) is 0.772. The van der Waals surface area contributed by atoms with Gasteiger partial charge in [0.15, 0.2) is 0 Å². The van der Waals surface area contributed by atoms with Gasteiger partial charge in [0.2, 0.25) is 0 Å². The van der Waals surface area contributed by atoms with Gasteiger partial charge in [-0.2, -0.15) is 0 Å². The molecule has 3 aromatic carbocycles. The highest BCUT2D eigenvalue weighted by Crippen LogP contribution is 2.27. The summed E-state index contributed by atoms with van der Waals surface area (Å²) in [5, 5.41) is 3.33. The van der Waals surface area contributed by atoms with Crippen LogP contribution in [0.2, 0.25) is 0 Å². The van der Waals surface area contributed by atoms with Crippen LogP contribution in [0.1, 0.15) is 23.6 Å². The summed E-state index contributed by atoms with van der Waals surface area (Å²) in [6, 6.07) is 26.0. The molecule has 0 radical (unpaired) electrons. The number of para-hydroxylation sites is 1. The van der Waals surface area contributed by atoms with Crippen molar-refractivity contribution in [2.24, 2.45) is 4.99 Å². The smallest absolute Gasteiger partial charge is 0.280 e. The van der Waals surface area contributed by atoms with Gasteiger partial charge in [-0.1, -0.05) is 42.5 Å². The molecule has 1 N–H and O–H groups in total. The number of H-pyrrole nitrogens is 1. The molecule has 32 heavy (non-hydrogen) atoms. The summed E-state index contributed by atoms with van der Waals surface area (Å²) in [7, 11) is 1.64. The van der Waals surface area contributed by atoms with Gasteiger partial charge in [-0.3, -0.25) is 14.9 Å². The molecule has 0 bridgehead atoms. The fraction of sp³-hybridized carbons (Fsp3) is 0.185. The van der Waals surface area contributed by atoms with Crippen molar-refractivity contribution in [3.05, 3.63) is 106 Å². The monoisotopic (exact) mass is 423 g/mol. The van der Waals surface area contributed by atoms with Crippen LogP contribution in [0.15, 0.2) is 88.6 Å². The van der Waals surface area contributed by atoms with Crippen LogP contribution < -0.4 is 10.3 Å². The molecule has 0 fully saturated rings. The van der Waals surface area contributed by atoms with E-state index in [4.69, 9.17) is 9.73 Å². The molecule has 0 spiro atoms. The van der Waals surface area contributed by atoms with Crippen molar-refractivity contribution in [2.45, 2.75) is 25.8 Å². The Morgan fingerprint density at radius 3 is 2.19 bits per heavy atom. The largest absolute Gasteiger partial charge is 0.497 e. The lowest BCUT2D eigenvalue weighted by Crippen LogP contribution is -2.20. The van der Waals surface area contributed by atoms with Crippen LogP contribution in [0.25, 0.3) is 16.9 Å². The second kappa shape index (κ2) is 8.35. The number of benzene rings is 3. The Labute approximate surface area is 187 Å². The zero-order valence-electron chi connectivity index (χ0n) is 18.2. The number of rotatable bonds is 5. The van der Waals surface area contributed by atoms with Gasteiger partial charge in [0, 0.05) is 11.3 Å². The molecule has 5 heteroatoms. The van der Waals surface area contributed by atoms with Crippen LogP contribution in [0, 0.1) is 0 Å². The Bertz CT molecular complexity index is 1310. The number of hydrogen-bond acceptors (Lipinski definition) is 3. The average molecular weight is 424 g/mol. The minimum absolute atomic E-state index is 0.0984. The Kier molecular flexibility index (Phi) is 5.23. The fourth-order valence-electron chi connectivity index (χ4n) is 4.46. The van der Waals surface area contributed by atoms with E-state index in [-0.39, 0.29) is 11.6 Å². The highest BCUT2D eigenvalue weighted by molar-refractivity contribution is 6.03. The molecular formula is C27H25N3O2. The summed E-state index contributed by atoms with van der Waals surface area (Å²) in [4.78, 5) is 18.6. The topological polar surface area (TPSA) is 59.4 Å². The zero-order chi connectivity index (χ0) is 22.1. The van der Waals surface area contributed by atoms with Crippen LogP contribution in [-0.2, 0) is 12.8 Å². The number of ether oxygens (including phenoxy) is 1. The third kappa shape index (κ3) is 3.66. The molecule has 0 aliphatic heterocycles. The SMILES string of the molecule is COc1ccc(-c2[nH]n(-c3ccccc3)c(=O)c2C(C)=NC2Cc3ccccc3C2)cc1. The number of methoxy groups -OCH3 is 1. The number of aromatic nitrogens is 2. The molecule has 0 unspecified atom stereocenters. The van der Waals surface area contributed by atoms with E-state index in [1.54, 1.807) is 11.8 Å². The van der Waals surface area contributed by atoms with Crippen molar-refractivity contribution in [1.82, 2.24) is 9.78 Å². The van der Waals surface area contributed by atoms with E-state index in [0.29, 0.717) is 5.56 Å². The first kappa shape index (κ1) is 20.1. The Morgan fingerprint density at radius 1 is 0.938 bits per heavy atom. The maximum absolute atomic E-state index is 13.5. The van der Waals surface area contributed by atoms with Gasteiger partial charge in [0.05, 0.1) is 30.1 Å². The molecule has 1 heterocycles. The van der Waals surface area contributed by atoms with Crippen LogP contribution in [0.4, 0.5) is 0 Å². The van der Waals surface area contributed by atoms with Crippen LogP contribution in [-0.4, -0.2) is 28.6 Å². The van der Waals surface area contributed by atoms with E-state index in [2.05, 4.69) is 29.4 Å². The van der Waals surface area contributed by atoms with Gasteiger partial charge >= 0.3 is 0 Å². The third-order valence-corrected chi connectivity index (χ3v) is 6.05. The first-order chi connectivity index (χ1) is 15.6. The summed E-state index contributed by atoms with van der Waals surface area (Å²) < 4.78 is 6.89. The van der Waals surface area contributed by atoms with E-state index in [0.717, 1.165) is 41.2 Å². The number of nitrogens with one attached hydrogen (secondary N) is 1. The number of aliphatic imine (C=N–C) groups is 1. The maximum Gasteiger partial charge on any atom is 0.280 e. The summed E-state index contributed by atoms with van der Waals surface area (Å²) >= 11 is 0. The van der Waals surface area contributed by atoms with E-state index >= 15 is 0 Å². The number of aromatic amines is 1. The van der Waals surface area contributed by atoms with E-state index in [9.17, 15) is 4.79 Å². The first-order valence-corrected chi connectivity index (χ1v) is 10.8. The summed E-state index contributed by atoms with van der Waals surface area (Å²) in [6.45, 7) is 1.94. The van der Waals surface area contributed by atoms with E-state index in [1.165, 1.54) is 11.1 Å².